The molecule has 1 heterocycles. The minimum Gasteiger partial charge on any atom is -0.482 e. The zero-order chi connectivity index (χ0) is 20.8. The lowest BCUT2D eigenvalue weighted by Crippen LogP contribution is -2.16. The van der Waals surface area contributed by atoms with E-state index in [4.69, 9.17) is 26.8 Å². The van der Waals surface area contributed by atoms with Crippen LogP contribution in [0.2, 0.25) is 5.02 Å². The standard InChI is InChI=1S/C19H17ClFN5O3/c1-11-8-12(20)2-7-15(11)28-10-17(27)29-9-16-24-18(22)26-19(25-16)23-14-5-3-13(21)4-6-14/h2-8H,9-10H2,1H3,(H3,22,23,24,25,26). The second kappa shape index (κ2) is 9.16. The van der Waals surface area contributed by atoms with Crippen LogP contribution in [0.5, 0.6) is 5.75 Å². The second-order valence-corrected chi connectivity index (χ2v) is 6.36. The van der Waals surface area contributed by atoms with Gasteiger partial charge in [-0.05, 0) is 55.0 Å². The number of ether oxygens (including phenoxy) is 2. The van der Waals surface area contributed by atoms with Crippen LogP contribution in [0.4, 0.5) is 22.0 Å². The van der Waals surface area contributed by atoms with Crippen molar-refractivity contribution in [2.75, 3.05) is 17.7 Å². The SMILES string of the molecule is Cc1cc(Cl)ccc1OCC(=O)OCc1nc(N)nc(Nc2ccc(F)cc2)n1. The molecule has 3 N–H and O–H groups in total. The molecule has 150 valence electrons. The molecule has 0 saturated carbocycles. The highest BCUT2D eigenvalue weighted by atomic mass is 35.5. The maximum absolute atomic E-state index is 13.0. The summed E-state index contributed by atoms with van der Waals surface area (Å²) < 4.78 is 23.5. The van der Waals surface area contributed by atoms with Gasteiger partial charge in [-0.1, -0.05) is 11.6 Å². The first-order chi connectivity index (χ1) is 13.9. The molecular formula is C19H17ClFN5O3. The lowest BCUT2D eigenvalue weighted by Gasteiger charge is -2.10. The predicted octanol–water partition coefficient (Wildman–Crippen LogP) is 3.42. The van der Waals surface area contributed by atoms with Crippen molar-refractivity contribution in [1.29, 1.82) is 0 Å². The number of esters is 1. The van der Waals surface area contributed by atoms with E-state index in [1.54, 1.807) is 18.2 Å². The highest BCUT2D eigenvalue weighted by Crippen LogP contribution is 2.21. The molecule has 3 aromatic rings. The van der Waals surface area contributed by atoms with Crippen LogP contribution in [-0.4, -0.2) is 27.5 Å². The van der Waals surface area contributed by atoms with E-state index in [1.165, 1.54) is 24.3 Å². The average Bonchev–Trinajstić information content (AvgIpc) is 2.67. The Labute approximate surface area is 170 Å². The number of hydrogen-bond donors (Lipinski definition) is 2. The summed E-state index contributed by atoms with van der Waals surface area (Å²) in [6.07, 6.45) is 0. The van der Waals surface area contributed by atoms with Gasteiger partial charge >= 0.3 is 5.97 Å². The van der Waals surface area contributed by atoms with Crippen molar-refractivity contribution in [3.8, 4) is 5.75 Å². The van der Waals surface area contributed by atoms with E-state index in [9.17, 15) is 9.18 Å². The van der Waals surface area contributed by atoms with Gasteiger partial charge in [0.25, 0.3) is 0 Å². The number of nitrogens with two attached hydrogens (primary N) is 1. The summed E-state index contributed by atoms with van der Waals surface area (Å²) >= 11 is 5.88. The minimum atomic E-state index is -0.605. The number of carbonyl (C=O) groups excluding carboxylic acids is 1. The molecule has 0 fully saturated rings. The number of nitrogens with one attached hydrogen (secondary N) is 1. The summed E-state index contributed by atoms with van der Waals surface area (Å²) in [6.45, 7) is 1.31. The number of carbonyl (C=O) groups is 1. The zero-order valence-corrected chi connectivity index (χ0v) is 16.1. The van der Waals surface area contributed by atoms with Gasteiger partial charge in [-0.15, -0.1) is 0 Å². The van der Waals surface area contributed by atoms with E-state index < -0.39 is 5.97 Å². The van der Waals surface area contributed by atoms with Crippen LogP contribution in [0.1, 0.15) is 11.4 Å². The average molecular weight is 418 g/mol. The molecule has 0 atom stereocenters. The molecule has 0 aliphatic rings. The van der Waals surface area contributed by atoms with Crippen molar-refractivity contribution in [2.45, 2.75) is 13.5 Å². The highest BCUT2D eigenvalue weighted by molar-refractivity contribution is 6.30. The zero-order valence-electron chi connectivity index (χ0n) is 15.4. The number of aryl methyl sites for hydroxylation is 1. The van der Waals surface area contributed by atoms with E-state index in [1.807, 2.05) is 6.92 Å². The van der Waals surface area contributed by atoms with Crippen molar-refractivity contribution in [3.63, 3.8) is 0 Å². The number of nitrogen functional groups attached to an aromatic ring is 1. The lowest BCUT2D eigenvalue weighted by molar-refractivity contribution is -0.147. The number of benzene rings is 2. The molecule has 0 aliphatic carbocycles. The molecule has 0 unspecified atom stereocenters. The number of aromatic nitrogens is 3. The molecule has 0 bridgehead atoms. The summed E-state index contributed by atoms with van der Waals surface area (Å²) in [6, 6.07) is 10.7. The van der Waals surface area contributed by atoms with Crippen LogP contribution in [-0.2, 0) is 16.1 Å². The van der Waals surface area contributed by atoms with Crippen molar-refractivity contribution < 1.29 is 18.7 Å². The van der Waals surface area contributed by atoms with Crippen LogP contribution in [0.15, 0.2) is 42.5 Å². The van der Waals surface area contributed by atoms with E-state index in [-0.39, 0.29) is 36.8 Å². The van der Waals surface area contributed by atoms with Crippen LogP contribution >= 0.6 is 11.6 Å². The van der Waals surface area contributed by atoms with Gasteiger partial charge in [0, 0.05) is 10.7 Å². The summed E-state index contributed by atoms with van der Waals surface area (Å²) in [5.74, 6) is -0.202. The Balaban J connectivity index is 1.56. The Morgan fingerprint density at radius 2 is 1.93 bits per heavy atom. The number of hydrogen-bond acceptors (Lipinski definition) is 8. The molecule has 29 heavy (non-hydrogen) atoms. The maximum atomic E-state index is 13.0. The molecule has 0 radical (unpaired) electrons. The van der Waals surface area contributed by atoms with Crippen LogP contribution < -0.4 is 15.8 Å². The fourth-order valence-corrected chi connectivity index (χ4v) is 2.55. The Bertz CT molecular complexity index is 1020. The van der Waals surface area contributed by atoms with Gasteiger partial charge in [0.2, 0.25) is 11.9 Å². The molecule has 8 nitrogen and oxygen atoms in total. The molecule has 10 heteroatoms. The molecule has 0 aliphatic heterocycles. The third kappa shape index (κ3) is 6.01. The second-order valence-electron chi connectivity index (χ2n) is 5.92. The van der Waals surface area contributed by atoms with Gasteiger partial charge in [-0.2, -0.15) is 15.0 Å². The first-order valence-electron chi connectivity index (χ1n) is 8.46. The maximum Gasteiger partial charge on any atom is 0.344 e. The summed E-state index contributed by atoms with van der Waals surface area (Å²) in [5, 5.41) is 3.45. The Hall–Kier alpha value is -3.46. The molecule has 0 saturated heterocycles. The number of nitrogens with zero attached hydrogens (tertiary/aromatic N) is 3. The molecular weight excluding hydrogens is 401 g/mol. The van der Waals surface area contributed by atoms with E-state index in [0.29, 0.717) is 16.5 Å². The highest BCUT2D eigenvalue weighted by Gasteiger charge is 2.10. The number of anilines is 3. The predicted molar refractivity (Wildman–Crippen MR) is 105 cm³/mol. The number of rotatable bonds is 7. The molecule has 3 rings (SSSR count). The number of halogens is 2. The summed E-state index contributed by atoms with van der Waals surface area (Å²) in [5.41, 5.74) is 7.03. The van der Waals surface area contributed by atoms with Crippen molar-refractivity contribution in [2.24, 2.45) is 0 Å². The minimum absolute atomic E-state index is 0.0521. The van der Waals surface area contributed by atoms with Crippen molar-refractivity contribution in [1.82, 2.24) is 15.0 Å². The van der Waals surface area contributed by atoms with Crippen LogP contribution in [0.3, 0.4) is 0 Å². The smallest absolute Gasteiger partial charge is 0.344 e. The molecule has 0 spiro atoms. The van der Waals surface area contributed by atoms with Gasteiger partial charge in [-0.25, -0.2) is 9.18 Å². The Kier molecular flexibility index (Phi) is 6.40. The third-order valence-electron chi connectivity index (χ3n) is 3.64. The van der Waals surface area contributed by atoms with Gasteiger partial charge in [-0.3, -0.25) is 0 Å². The largest absolute Gasteiger partial charge is 0.482 e. The van der Waals surface area contributed by atoms with Crippen LogP contribution in [0, 0.1) is 12.7 Å². The third-order valence-corrected chi connectivity index (χ3v) is 3.88. The topological polar surface area (TPSA) is 112 Å². The fourth-order valence-electron chi connectivity index (χ4n) is 2.32. The van der Waals surface area contributed by atoms with E-state index in [2.05, 4.69) is 20.3 Å². The van der Waals surface area contributed by atoms with Crippen molar-refractivity contribution in [3.05, 3.63) is 64.7 Å². The fraction of sp³-hybridized carbons (Fsp3) is 0.158. The van der Waals surface area contributed by atoms with Gasteiger partial charge in [0.1, 0.15) is 11.6 Å². The van der Waals surface area contributed by atoms with Crippen molar-refractivity contribution >= 4 is 35.2 Å². The Morgan fingerprint density at radius 1 is 1.17 bits per heavy atom. The van der Waals surface area contributed by atoms with Gasteiger partial charge < -0.3 is 20.5 Å². The van der Waals surface area contributed by atoms with E-state index >= 15 is 0 Å². The summed E-state index contributed by atoms with van der Waals surface area (Å²) in [4.78, 5) is 23.9. The monoisotopic (exact) mass is 417 g/mol. The molecule has 0 amide bonds. The lowest BCUT2D eigenvalue weighted by atomic mass is 10.2. The van der Waals surface area contributed by atoms with Crippen LogP contribution in [0.25, 0.3) is 0 Å². The van der Waals surface area contributed by atoms with Gasteiger partial charge in [0.15, 0.2) is 19.0 Å². The van der Waals surface area contributed by atoms with Gasteiger partial charge in [0.05, 0.1) is 0 Å². The quantitative estimate of drug-likeness (QED) is 0.562. The summed E-state index contributed by atoms with van der Waals surface area (Å²) in [7, 11) is 0. The Morgan fingerprint density at radius 3 is 2.66 bits per heavy atom. The normalized spacial score (nSPS) is 10.4. The first-order valence-corrected chi connectivity index (χ1v) is 8.84. The van der Waals surface area contributed by atoms with E-state index in [0.717, 1.165) is 5.56 Å². The molecule has 1 aromatic heterocycles. The first kappa shape index (κ1) is 20.3. The molecule has 2 aromatic carbocycles.